The molecule has 0 saturated carbocycles. The van der Waals surface area contributed by atoms with Crippen molar-refractivity contribution in [2.45, 2.75) is 39.3 Å². The van der Waals surface area contributed by atoms with E-state index in [1.165, 1.54) is 0 Å². The van der Waals surface area contributed by atoms with Crippen LogP contribution in [0.3, 0.4) is 0 Å². The Morgan fingerprint density at radius 3 is 2.24 bits per heavy atom. The van der Waals surface area contributed by atoms with Crippen LogP contribution < -0.4 is 10.6 Å². The van der Waals surface area contributed by atoms with Crippen molar-refractivity contribution in [2.75, 3.05) is 11.9 Å². The highest BCUT2D eigenvalue weighted by Gasteiger charge is 2.02. The third-order valence-corrected chi connectivity index (χ3v) is 2.64. The summed E-state index contributed by atoms with van der Waals surface area (Å²) < 4.78 is 0. The molecular weight excluding hydrogens is 300 g/mol. The SMILES string of the molecule is Br.CC(C)NCCC(C)Nc1ccc(Cl)cc1. The highest BCUT2D eigenvalue weighted by atomic mass is 79.9. The van der Waals surface area contributed by atoms with Crippen LogP contribution in [0, 0.1) is 0 Å². The number of hydrogen-bond donors (Lipinski definition) is 2. The molecule has 98 valence electrons. The molecular formula is C13H22BrClN2. The van der Waals surface area contributed by atoms with E-state index < -0.39 is 0 Å². The number of anilines is 1. The molecule has 0 spiro atoms. The minimum Gasteiger partial charge on any atom is -0.383 e. The minimum absolute atomic E-state index is 0. The first-order valence-electron chi connectivity index (χ1n) is 5.83. The average molecular weight is 322 g/mol. The monoisotopic (exact) mass is 320 g/mol. The zero-order chi connectivity index (χ0) is 12.0. The van der Waals surface area contributed by atoms with Crippen LogP contribution >= 0.6 is 28.6 Å². The van der Waals surface area contributed by atoms with E-state index in [2.05, 4.69) is 31.4 Å². The molecule has 0 heterocycles. The van der Waals surface area contributed by atoms with E-state index in [1.807, 2.05) is 24.3 Å². The Hall–Kier alpha value is -0.250. The van der Waals surface area contributed by atoms with Gasteiger partial charge in [-0.05, 0) is 44.2 Å². The Bertz CT molecular complexity index is 301. The van der Waals surface area contributed by atoms with Crippen LogP contribution in [0.1, 0.15) is 27.2 Å². The molecule has 0 amide bonds. The van der Waals surface area contributed by atoms with Crippen LogP contribution in [0.15, 0.2) is 24.3 Å². The van der Waals surface area contributed by atoms with Crippen molar-refractivity contribution in [2.24, 2.45) is 0 Å². The molecule has 0 fully saturated rings. The van der Waals surface area contributed by atoms with E-state index in [0.29, 0.717) is 12.1 Å². The molecule has 0 aliphatic heterocycles. The van der Waals surface area contributed by atoms with E-state index in [-0.39, 0.29) is 17.0 Å². The van der Waals surface area contributed by atoms with Gasteiger partial charge in [0.2, 0.25) is 0 Å². The Labute approximate surface area is 120 Å². The normalized spacial score (nSPS) is 12.1. The van der Waals surface area contributed by atoms with Gasteiger partial charge in [-0.15, -0.1) is 17.0 Å². The molecule has 17 heavy (non-hydrogen) atoms. The fourth-order valence-corrected chi connectivity index (χ4v) is 1.62. The Morgan fingerprint density at radius 2 is 1.71 bits per heavy atom. The van der Waals surface area contributed by atoms with E-state index >= 15 is 0 Å². The van der Waals surface area contributed by atoms with Gasteiger partial charge in [0.05, 0.1) is 0 Å². The largest absolute Gasteiger partial charge is 0.383 e. The van der Waals surface area contributed by atoms with Crippen molar-refractivity contribution in [1.82, 2.24) is 5.32 Å². The van der Waals surface area contributed by atoms with Crippen molar-refractivity contribution in [3.05, 3.63) is 29.3 Å². The van der Waals surface area contributed by atoms with Gasteiger partial charge in [0.15, 0.2) is 0 Å². The zero-order valence-electron chi connectivity index (χ0n) is 10.7. The summed E-state index contributed by atoms with van der Waals surface area (Å²) in [5.41, 5.74) is 1.13. The number of rotatable bonds is 6. The molecule has 4 heteroatoms. The van der Waals surface area contributed by atoms with Crippen molar-refractivity contribution in [1.29, 1.82) is 0 Å². The lowest BCUT2D eigenvalue weighted by Gasteiger charge is -2.16. The maximum atomic E-state index is 5.83. The first-order chi connectivity index (χ1) is 7.58. The summed E-state index contributed by atoms with van der Waals surface area (Å²) in [6, 6.07) is 8.85. The molecule has 2 N–H and O–H groups in total. The van der Waals surface area contributed by atoms with E-state index in [1.54, 1.807) is 0 Å². The van der Waals surface area contributed by atoms with Gasteiger partial charge in [0.25, 0.3) is 0 Å². The molecule has 0 radical (unpaired) electrons. The summed E-state index contributed by atoms with van der Waals surface area (Å²) in [5, 5.41) is 7.63. The molecule has 0 aliphatic carbocycles. The predicted molar refractivity (Wildman–Crippen MR) is 82.6 cm³/mol. The van der Waals surface area contributed by atoms with Gasteiger partial charge in [-0.1, -0.05) is 25.4 Å². The van der Waals surface area contributed by atoms with Crippen LogP contribution in [0.2, 0.25) is 5.02 Å². The molecule has 0 bridgehead atoms. The lowest BCUT2D eigenvalue weighted by atomic mass is 10.2. The van der Waals surface area contributed by atoms with E-state index in [9.17, 15) is 0 Å². The number of halogens is 2. The molecule has 1 rings (SSSR count). The third kappa shape index (κ3) is 7.63. The topological polar surface area (TPSA) is 24.1 Å². The molecule has 0 saturated heterocycles. The van der Waals surface area contributed by atoms with Gasteiger partial charge in [0.1, 0.15) is 0 Å². The lowest BCUT2D eigenvalue weighted by Crippen LogP contribution is -2.28. The summed E-state index contributed by atoms with van der Waals surface area (Å²) in [6.45, 7) is 7.56. The van der Waals surface area contributed by atoms with Crippen molar-refractivity contribution in [3.63, 3.8) is 0 Å². The highest BCUT2D eigenvalue weighted by Crippen LogP contribution is 2.14. The van der Waals surface area contributed by atoms with Crippen LogP contribution in [0.25, 0.3) is 0 Å². The number of nitrogens with one attached hydrogen (secondary N) is 2. The molecule has 1 aromatic rings. The average Bonchev–Trinajstić information content (AvgIpc) is 2.21. The summed E-state index contributed by atoms with van der Waals surface area (Å²) in [7, 11) is 0. The van der Waals surface area contributed by atoms with Gasteiger partial charge in [-0.25, -0.2) is 0 Å². The van der Waals surface area contributed by atoms with Gasteiger partial charge >= 0.3 is 0 Å². The van der Waals surface area contributed by atoms with Crippen molar-refractivity contribution >= 4 is 34.3 Å². The second-order valence-electron chi connectivity index (χ2n) is 4.45. The van der Waals surface area contributed by atoms with Gasteiger partial charge in [-0.2, -0.15) is 0 Å². The Kier molecular flexibility index (Phi) is 8.66. The summed E-state index contributed by atoms with van der Waals surface area (Å²) in [4.78, 5) is 0. The predicted octanol–water partition coefficient (Wildman–Crippen LogP) is 4.11. The second-order valence-corrected chi connectivity index (χ2v) is 4.89. The maximum absolute atomic E-state index is 5.83. The Morgan fingerprint density at radius 1 is 1.12 bits per heavy atom. The lowest BCUT2D eigenvalue weighted by molar-refractivity contribution is 0.550. The Balaban J connectivity index is 0.00000256. The van der Waals surface area contributed by atoms with Crippen molar-refractivity contribution < 1.29 is 0 Å². The van der Waals surface area contributed by atoms with Gasteiger partial charge in [0, 0.05) is 22.8 Å². The first kappa shape index (κ1) is 16.8. The maximum Gasteiger partial charge on any atom is 0.0407 e. The van der Waals surface area contributed by atoms with Gasteiger partial charge in [-0.3, -0.25) is 0 Å². The molecule has 1 unspecified atom stereocenters. The number of benzene rings is 1. The molecule has 1 aromatic carbocycles. The van der Waals surface area contributed by atoms with Crippen LogP contribution in [0.4, 0.5) is 5.69 Å². The van der Waals surface area contributed by atoms with Gasteiger partial charge < -0.3 is 10.6 Å². The smallest absolute Gasteiger partial charge is 0.0407 e. The number of hydrogen-bond acceptors (Lipinski definition) is 2. The third-order valence-electron chi connectivity index (χ3n) is 2.39. The fraction of sp³-hybridized carbons (Fsp3) is 0.538. The van der Waals surface area contributed by atoms with Crippen LogP contribution in [-0.2, 0) is 0 Å². The summed E-state index contributed by atoms with van der Waals surface area (Å²) in [6.07, 6.45) is 1.11. The van der Waals surface area contributed by atoms with Crippen LogP contribution in [0.5, 0.6) is 0 Å². The zero-order valence-corrected chi connectivity index (χ0v) is 13.1. The summed E-state index contributed by atoms with van der Waals surface area (Å²) in [5.74, 6) is 0. The van der Waals surface area contributed by atoms with Crippen LogP contribution in [-0.4, -0.2) is 18.6 Å². The minimum atomic E-state index is 0. The first-order valence-corrected chi connectivity index (χ1v) is 6.21. The summed E-state index contributed by atoms with van der Waals surface area (Å²) >= 11 is 5.83. The fourth-order valence-electron chi connectivity index (χ4n) is 1.49. The van der Waals surface area contributed by atoms with E-state index in [0.717, 1.165) is 23.7 Å². The van der Waals surface area contributed by atoms with E-state index in [4.69, 9.17) is 11.6 Å². The quantitative estimate of drug-likeness (QED) is 0.824. The highest BCUT2D eigenvalue weighted by molar-refractivity contribution is 8.93. The standard InChI is InChI=1S/C13H21ClN2.BrH/c1-10(2)15-9-8-11(3)16-13-6-4-12(14)5-7-13;/h4-7,10-11,15-16H,8-9H2,1-3H3;1H. The molecule has 0 aromatic heterocycles. The second kappa shape index (κ2) is 8.78. The molecule has 0 aliphatic rings. The van der Waals surface area contributed by atoms with Crippen molar-refractivity contribution in [3.8, 4) is 0 Å². The molecule has 2 nitrogen and oxygen atoms in total. The molecule has 1 atom stereocenters.